The molecule has 0 amide bonds. The molecular weight excluding hydrogens is 216 g/mol. The fourth-order valence-electron chi connectivity index (χ4n) is 1.09. The third kappa shape index (κ3) is 3.25. The Morgan fingerprint density at radius 1 is 1.67 bits per heavy atom. The third-order valence-corrected chi connectivity index (χ3v) is 2.83. The highest BCUT2D eigenvalue weighted by Crippen LogP contribution is 2.11. The van der Waals surface area contributed by atoms with Crippen LogP contribution in [0.1, 0.15) is 5.56 Å². The smallest absolute Gasteiger partial charge is 0.149 e. The molecule has 82 valence electrons. The van der Waals surface area contributed by atoms with Gasteiger partial charge in [0.05, 0.1) is 31.0 Å². The molecule has 1 rings (SSSR count). The van der Waals surface area contributed by atoms with Crippen LogP contribution in [-0.4, -0.2) is 30.2 Å². The number of nitrogens with zero attached hydrogens (tertiary/aromatic N) is 3. The Labute approximate surface area is 88.2 Å². The Morgan fingerprint density at radius 2 is 2.33 bits per heavy atom. The summed E-state index contributed by atoms with van der Waals surface area (Å²) in [6, 6.07) is 1.96. The molecule has 0 aromatic carbocycles. The lowest BCUT2D eigenvalue weighted by molar-refractivity contribution is 0.587. The Morgan fingerprint density at radius 3 is 2.87 bits per heavy atom. The van der Waals surface area contributed by atoms with Gasteiger partial charge in [-0.25, -0.2) is 13.1 Å². The van der Waals surface area contributed by atoms with Gasteiger partial charge in [-0.2, -0.15) is 10.4 Å². The SMILES string of the molecule is CS(=O)(=O)CCn1ncc(CC#N)c1N. The number of sulfone groups is 1. The van der Waals surface area contributed by atoms with E-state index in [4.69, 9.17) is 11.0 Å². The molecule has 1 aromatic rings. The van der Waals surface area contributed by atoms with Crippen molar-refractivity contribution in [3.63, 3.8) is 0 Å². The maximum absolute atomic E-state index is 10.9. The summed E-state index contributed by atoms with van der Waals surface area (Å²) in [7, 11) is -3.02. The number of nitrogens with two attached hydrogens (primary N) is 1. The van der Waals surface area contributed by atoms with Gasteiger partial charge >= 0.3 is 0 Å². The van der Waals surface area contributed by atoms with Gasteiger partial charge in [-0.15, -0.1) is 0 Å². The first-order valence-corrected chi connectivity index (χ1v) is 6.35. The molecule has 7 heteroatoms. The van der Waals surface area contributed by atoms with Crippen molar-refractivity contribution in [1.82, 2.24) is 9.78 Å². The molecule has 0 radical (unpaired) electrons. The average Bonchev–Trinajstić information content (AvgIpc) is 2.45. The van der Waals surface area contributed by atoms with E-state index in [1.807, 2.05) is 6.07 Å². The zero-order valence-corrected chi connectivity index (χ0v) is 9.16. The van der Waals surface area contributed by atoms with Crippen LogP contribution in [0.25, 0.3) is 0 Å². The van der Waals surface area contributed by atoms with Crippen LogP contribution in [0.15, 0.2) is 6.20 Å². The normalized spacial score (nSPS) is 11.2. The van der Waals surface area contributed by atoms with E-state index in [2.05, 4.69) is 5.10 Å². The average molecular weight is 228 g/mol. The Bertz CT molecular complexity index is 483. The zero-order valence-electron chi connectivity index (χ0n) is 8.34. The lowest BCUT2D eigenvalue weighted by Gasteiger charge is -2.02. The molecule has 0 unspecified atom stereocenters. The summed E-state index contributed by atoms with van der Waals surface area (Å²) in [4.78, 5) is 0. The van der Waals surface area contributed by atoms with Gasteiger partial charge in [-0.1, -0.05) is 0 Å². The molecule has 0 fully saturated rings. The summed E-state index contributed by atoms with van der Waals surface area (Å²) < 4.78 is 23.2. The molecule has 0 atom stereocenters. The van der Waals surface area contributed by atoms with Crippen molar-refractivity contribution in [2.75, 3.05) is 17.7 Å². The van der Waals surface area contributed by atoms with Gasteiger partial charge in [0.15, 0.2) is 0 Å². The number of nitrogen functional groups attached to an aromatic ring is 1. The minimum atomic E-state index is -3.02. The molecule has 0 saturated heterocycles. The van der Waals surface area contributed by atoms with Gasteiger partial charge in [0.2, 0.25) is 0 Å². The third-order valence-electron chi connectivity index (χ3n) is 1.90. The van der Waals surface area contributed by atoms with E-state index in [1.54, 1.807) is 0 Å². The quantitative estimate of drug-likeness (QED) is 0.753. The number of hydrogen-bond acceptors (Lipinski definition) is 5. The summed E-state index contributed by atoms with van der Waals surface area (Å²) in [5.41, 5.74) is 6.30. The Hall–Kier alpha value is -1.55. The van der Waals surface area contributed by atoms with E-state index in [0.29, 0.717) is 11.4 Å². The van der Waals surface area contributed by atoms with E-state index in [0.717, 1.165) is 6.26 Å². The van der Waals surface area contributed by atoms with Gasteiger partial charge in [0.25, 0.3) is 0 Å². The second kappa shape index (κ2) is 4.31. The summed E-state index contributed by atoms with van der Waals surface area (Å²) in [5.74, 6) is 0.352. The van der Waals surface area contributed by atoms with Crippen LogP contribution in [0.5, 0.6) is 0 Å². The van der Waals surface area contributed by atoms with E-state index in [9.17, 15) is 8.42 Å². The maximum Gasteiger partial charge on any atom is 0.149 e. The first-order valence-electron chi connectivity index (χ1n) is 4.29. The molecule has 0 spiro atoms. The first-order chi connectivity index (χ1) is 6.94. The van der Waals surface area contributed by atoms with Crippen molar-refractivity contribution in [2.24, 2.45) is 0 Å². The van der Waals surface area contributed by atoms with Gasteiger partial charge in [0.1, 0.15) is 15.7 Å². The molecular formula is C8H12N4O2S. The van der Waals surface area contributed by atoms with E-state index < -0.39 is 9.84 Å². The second-order valence-electron chi connectivity index (χ2n) is 3.24. The molecule has 1 heterocycles. The summed E-state index contributed by atoms with van der Waals surface area (Å²) in [6.07, 6.45) is 2.83. The second-order valence-corrected chi connectivity index (χ2v) is 5.50. The van der Waals surface area contributed by atoms with Crippen molar-refractivity contribution in [3.05, 3.63) is 11.8 Å². The van der Waals surface area contributed by atoms with Gasteiger partial charge in [-0.05, 0) is 0 Å². The van der Waals surface area contributed by atoms with Crippen LogP contribution >= 0.6 is 0 Å². The fourth-order valence-corrected chi connectivity index (χ4v) is 1.59. The number of nitriles is 1. The van der Waals surface area contributed by atoms with Crippen LogP contribution in [0, 0.1) is 11.3 Å². The van der Waals surface area contributed by atoms with Crippen molar-refractivity contribution in [1.29, 1.82) is 5.26 Å². The van der Waals surface area contributed by atoms with Crippen molar-refractivity contribution in [2.45, 2.75) is 13.0 Å². The van der Waals surface area contributed by atoms with Crippen molar-refractivity contribution >= 4 is 15.7 Å². The standard InChI is InChI=1S/C8H12N4O2S/c1-15(13,14)5-4-12-8(10)7(2-3-9)6-11-12/h6H,2,4-5,10H2,1H3. The topological polar surface area (TPSA) is 102 Å². The van der Waals surface area contributed by atoms with Crippen LogP contribution in [0.2, 0.25) is 0 Å². The van der Waals surface area contributed by atoms with Gasteiger partial charge in [0, 0.05) is 11.8 Å². The largest absolute Gasteiger partial charge is 0.384 e. The highest BCUT2D eigenvalue weighted by atomic mass is 32.2. The highest BCUT2D eigenvalue weighted by molar-refractivity contribution is 7.90. The molecule has 0 aliphatic carbocycles. The van der Waals surface area contributed by atoms with Crippen LogP contribution in [0.3, 0.4) is 0 Å². The lowest BCUT2D eigenvalue weighted by atomic mass is 10.2. The Balaban J connectivity index is 2.76. The van der Waals surface area contributed by atoms with Crippen LogP contribution in [0.4, 0.5) is 5.82 Å². The number of rotatable bonds is 4. The molecule has 0 aliphatic rings. The molecule has 6 nitrogen and oxygen atoms in total. The predicted octanol–water partition coefficient (Wildman–Crippen LogP) is -0.424. The van der Waals surface area contributed by atoms with Crippen molar-refractivity contribution < 1.29 is 8.42 Å². The van der Waals surface area contributed by atoms with Crippen molar-refractivity contribution in [3.8, 4) is 6.07 Å². The number of aromatic nitrogens is 2. The monoisotopic (exact) mass is 228 g/mol. The summed E-state index contributed by atoms with van der Waals surface area (Å²) >= 11 is 0. The summed E-state index contributed by atoms with van der Waals surface area (Å²) in [5, 5.41) is 12.4. The molecule has 15 heavy (non-hydrogen) atoms. The minimum Gasteiger partial charge on any atom is -0.384 e. The molecule has 0 saturated carbocycles. The van der Waals surface area contributed by atoms with Crippen LogP contribution < -0.4 is 5.73 Å². The molecule has 0 aliphatic heterocycles. The van der Waals surface area contributed by atoms with E-state index in [-0.39, 0.29) is 18.7 Å². The summed E-state index contributed by atoms with van der Waals surface area (Å²) in [6.45, 7) is 0.218. The van der Waals surface area contributed by atoms with Crippen LogP contribution in [-0.2, 0) is 22.8 Å². The predicted molar refractivity (Wildman–Crippen MR) is 55.7 cm³/mol. The number of aryl methyl sites for hydroxylation is 1. The highest BCUT2D eigenvalue weighted by Gasteiger charge is 2.09. The van der Waals surface area contributed by atoms with Gasteiger partial charge in [-0.3, -0.25) is 0 Å². The fraction of sp³-hybridized carbons (Fsp3) is 0.500. The number of hydrogen-bond donors (Lipinski definition) is 1. The molecule has 1 aromatic heterocycles. The van der Waals surface area contributed by atoms with E-state index >= 15 is 0 Å². The van der Waals surface area contributed by atoms with Gasteiger partial charge < -0.3 is 5.73 Å². The molecule has 0 bridgehead atoms. The lowest BCUT2D eigenvalue weighted by Crippen LogP contribution is -2.14. The number of anilines is 1. The Kier molecular flexibility index (Phi) is 3.31. The molecule has 2 N–H and O–H groups in total. The van der Waals surface area contributed by atoms with E-state index in [1.165, 1.54) is 10.9 Å². The maximum atomic E-state index is 10.9. The zero-order chi connectivity index (χ0) is 11.5. The first kappa shape index (κ1) is 11.5. The minimum absolute atomic E-state index is 0.00905.